The molecule has 4 aromatic heterocycles. The largest absolute Gasteiger partial charge is 0.467 e. The number of carbonyl (C=O) groups is 1. The monoisotopic (exact) mass is 394 g/mol. The third kappa shape index (κ3) is 2.76. The molecule has 8 nitrogen and oxygen atoms in total. The van der Waals surface area contributed by atoms with E-state index in [0.29, 0.717) is 33.9 Å². The molecule has 0 aliphatic carbocycles. The van der Waals surface area contributed by atoms with Crippen molar-refractivity contribution in [2.24, 2.45) is 5.10 Å². The SMILES string of the molecule is O=C(Cn1cnc2sccc2c1=O)N1N=C(c2ccco2)C[C@@H]1c1ccco1. The summed E-state index contributed by atoms with van der Waals surface area (Å²) in [6, 6.07) is 8.45. The molecule has 1 aliphatic heterocycles. The zero-order valence-corrected chi connectivity index (χ0v) is 15.3. The van der Waals surface area contributed by atoms with Crippen molar-refractivity contribution in [3.05, 3.63) is 76.4 Å². The molecule has 5 rings (SSSR count). The molecule has 140 valence electrons. The molecule has 0 N–H and O–H groups in total. The molecule has 0 fully saturated rings. The van der Waals surface area contributed by atoms with Crippen LogP contribution in [0.1, 0.15) is 24.0 Å². The lowest BCUT2D eigenvalue weighted by molar-refractivity contribution is -0.134. The molecule has 0 spiro atoms. The van der Waals surface area contributed by atoms with Crippen LogP contribution in [0.2, 0.25) is 0 Å². The van der Waals surface area contributed by atoms with Crippen molar-refractivity contribution in [2.45, 2.75) is 19.0 Å². The van der Waals surface area contributed by atoms with E-state index >= 15 is 0 Å². The second-order valence-corrected chi connectivity index (χ2v) is 7.21. The van der Waals surface area contributed by atoms with Crippen molar-refractivity contribution in [1.29, 1.82) is 0 Å². The summed E-state index contributed by atoms with van der Waals surface area (Å²) in [6.07, 6.45) is 4.98. The number of hydrazone groups is 1. The summed E-state index contributed by atoms with van der Waals surface area (Å²) >= 11 is 1.39. The van der Waals surface area contributed by atoms with Crippen LogP contribution in [0.25, 0.3) is 10.2 Å². The summed E-state index contributed by atoms with van der Waals surface area (Å²) < 4.78 is 12.2. The number of fused-ring (bicyclic) bond motifs is 1. The van der Waals surface area contributed by atoms with E-state index in [1.54, 1.807) is 48.2 Å². The van der Waals surface area contributed by atoms with Crippen molar-refractivity contribution >= 4 is 33.2 Å². The Labute approximate surface area is 162 Å². The van der Waals surface area contributed by atoms with E-state index in [1.165, 1.54) is 27.2 Å². The lowest BCUT2D eigenvalue weighted by Gasteiger charge is -2.20. The molecule has 1 amide bonds. The van der Waals surface area contributed by atoms with Crippen molar-refractivity contribution in [3.8, 4) is 0 Å². The van der Waals surface area contributed by atoms with E-state index < -0.39 is 6.04 Å². The Hall–Kier alpha value is -3.46. The van der Waals surface area contributed by atoms with Gasteiger partial charge in [-0.1, -0.05) is 0 Å². The van der Waals surface area contributed by atoms with Gasteiger partial charge in [-0.05, 0) is 35.7 Å². The highest BCUT2D eigenvalue weighted by molar-refractivity contribution is 7.16. The average Bonchev–Trinajstić information content (AvgIpc) is 3.48. The predicted molar refractivity (Wildman–Crippen MR) is 102 cm³/mol. The van der Waals surface area contributed by atoms with E-state index in [-0.39, 0.29) is 18.0 Å². The topological polar surface area (TPSA) is 93.8 Å². The molecule has 28 heavy (non-hydrogen) atoms. The van der Waals surface area contributed by atoms with Crippen LogP contribution >= 0.6 is 11.3 Å². The maximum absolute atomic E-state index is 13.0. The molecular formula is C19H14N4O4S. The molecule has 0 saturated heterocycles. The molecule has 0 saturated carbocycles. The molecule has 1 atom stereocenters. The van der Waals surface area contributed by atoms with Gasteiger partial charge >= 0.3 is 0 Å². The number of furan rings is 2. The predicted octanol–water partition coefficient (Wildman–Crippen LogP) is 3.02. The van der Waals surface area contributed by atoms with Crippen LogP contribution in [-0.4, -0.2) is 26.2 Å². The summed E-state index contributed by atoms with van der Waals surface area (Å²) in [7, 11) is 0. The Morgan fingerprint density at radius 2 is 2.07 bits per heavy atom. The van der Waals surface area contributed by atoms with Gasteiger partial charge in [0.15, 0.2) is 0 Å². The van der Waals surface area contributed by atoms with Crippen LogP contribution in [0, 0.1) is 0 Å². The summed E-state index contributed by atoms with van der Waals surface area (Å²) in [6.45, 7) is -0.163. The van der Waals surface area contributed by atoms with Crippen molar-refractivity contribution < 1.29 is 13.6 Å². The van der Waals surface area contributed by atoms with Gasteiger partial charge in [0.1, 0.15) is 34.6 Å². The van der Waals surface area contributed by atoms with Crippen LogP contribution in [0.15, 0.2) is 73.3 Å². The minimum Gasteiger partial charge on any atom is -0.467 e. The maximum atomic E-state index is 13.0. The van der Waals surface area contributed by atoms with E-state index in [2.05, 4.69) is 10.1 Å². The average molecular weight is 394 g/mol. The van der Waals surface area contributed by atoms with Crippen molar-refractivity contribution in [3.63, 3.8) is 0 Å². The minimum atomic E-state index is -0.392. The number of hydrogen-bond donors (Lipinski definition) is 0. The highest BCUT2D eigenvalue weighted by Crippen LogP contribution is 2.33. The molecule has 5 heterocycles. The normalized spacial score (nSPS) is 16.6. The number of aromatic nitrogens is 2. The molecule has 0 unspecified atom stereocenters. The highest BCUT2D eigenvalue weighted by atomic mass is 32.1. The number of amides is 1. The number of thiophene rings is 1. The summed E-state index contributed by atoms with van der Waals surface area (Å²) in [5.74, 6) is 0.893. The van der Waals surface area contributed by atoms with Crippen molar-refractivity contribution in [1.82, 2.24) is 14.6 Å². The molecule has 4 aromatic rings. The first-order valence-corrected chi connectivity index (χ1v) is 9.48. The Kier molecular flexibility index (Phi) is 3.94. The lowest BCUT2D eigenvalue weighted by atomic mass is 10.1. The number of carbonyl (C=O) groups excluding carboxylic acids is 1. The van der Waals surface area contributed by atoms with Gasteiger partial charge in [-0.2, -0.15) is 5.10 Å². The highest BCUT2D eigenvalue weighted by Gasteiger charge is 2.35. The van der Waals surface area contributed by atoms with Gasteiger partial charge in [0.05, 0.1) is 24.2 Å². The molecule has 9 heteroatoms. The first kappa shape index (κ1) is 16.7. The maximum Gasteiger partial charge on any atom is 0.263 e. The van der Waals surface area contributed by atoms with Crippen LogP contribution in [0.3, 0.4) is 0 Å². The first-order valence-electron chi connectivity index (χ1n) is 8.60. The third-order valence-corrected chi connectivity index (χ3v) is 5.42. The number of nitrogens with zero attached hydrogens (tertiary/aromatic N) is 4. The Morgan fingerprint density at radius 1 is 1.21 bits per heavy atom. The van der Waals surface area contributed by atoms with Gasteiger partial charge < -0.3 is 8.83 Å². The Morgan fingerprint density at radius 3 is 2.86 bits per heavy atom. The number of rotatable bonds is 4. The number of hydrogen-bond acceptors (Lipinski definition) is 7. The third-order valence-electron chi connectivity index (χ3n) is 4.60. The van der Waals surface area contributed by atoms with E-state index in [4.69, 9.17) is 8.83 Å². The van der Waals surface area contributed by atoms with Gasteiger partial charge in [-0.25, -0.2) is 9.99 Å². The molecular weight excluding hydrogens is 380 g/mol. The minimum absolute atomic E-state index is 0.163. The van der Waals surface area contributed by atoms with Gasteiger partial charge in [0.2, 0.25) is 0 Å². The zero-order chi connectivity index (χ0) is 19.1. The molecule has 0 bridgehead atoms. The van der Waals surface area contributed by atoms with Crippen LogP contribution in [0.5, 0.6) is 0 Å². The van der Waals surface area contributed by atoms with Gasteiger partial charge in [-0.15, -0.1) is 11.3 Å². The van der Waals surface area contributed by atoms with Crippen molar-refractivity contribution in [2.75, 3.05) is 0 Å². The summed E-state index contributed by atoms with van der Waals surface area (Å²) in [5, 5.41) is 8.13. The van der Waals surface area contributed by atoms with Gasteiger partial charge in [-0.3, -0.25) is 14.2 Å². The quantitative estimate of drug-likeness (QED) is 0.530. The molecule has 0 radical (unpaired) electrons. The van der Waals surface area contributed by atoms with Gasteiger partial charge in [0.25, 0.3) is 11.5 Å². The fourth-order valence-electron chi connectivity index (χ4n) is 3.26. The first-order chi connectivity index (χ1) is 13.7. The van der Waals surface area contributed by atoms with Crippen LogP contribution in [-0.2, 0) is 11.3 Å². The standard InChI is InChI=1S/C19H14N4O4S/c24-17(10-22-11-20-18-12(19(22)25)5-8-28-18)23-14(16-4-2-7-27-16)9-13(21-23)15-3-1-6-26-15/h1-8,11,14H,9-10H2/t14-/m1/s1. The van der Waals surface area contributed by atoms with Gasteiger partial charge in [0, 0.05) is 6.42 Å². The fourth-order valence-corrected chi connectivity index (χ4v) is 3.98. The van der Waals surface area contributed by atoms with Crippen LogP contribution in [0.4, 0.5) is 0 Å². The molecule has 0 aromatic carbocycles. The van der Waals surface area contributed by atoms with E-state index in [9.17, 15) is 9.59 Å². The Balaban J connectivity index is 1.48. The smallest absolute Gasteiger partial charge is 0.263 e. The van der Waals surface area contributed by atoms with E-state index in [1.807, 2.05) is 0 Å². The fraction of sp³-hybridized carbons (Fsp3) is 0.158. The van der Waals surface area contributed by atoms with Crippen LogP contribution < -0.4 is 5.56 Å². The summed E-state index contributed by atoms with van der Waals surface area (Å²) in [4.78, 5) is 30.5. The lowest BCUT2D eigenvalue weighted by Crippen LogP contribution is -2.33. The van der Waals surface area contributed by atoms with E-state index in [0.717, 1.165) is 0 Å². The second-order valence-electron chi connectivity index (χ2n) is 6.31. The zero-order valence-electron chi connectivity index (χ0n) is 14.5. The molecule has 1 aliphatic rings. The Bertz CT molecular complexity index is 1220. The summed E-state index contributed by atoms with van der Waals surface area (Å²) in [5.41, 5.74) is 0.405. The second kappa shape index (κ2) is 6.61.